The lowest BCUT2D eigenvalue weighted by atomic mass is 9.76. The monoisotopic (exact) mass is 503 g/mol. The molecule has 4 aromatic carbocycles. The maximum Gasteiger partial charge on any atom is 0.242 e. The van der Waals surface area contributed by atoms with Crippen LogP contribution in [0.5, 0.6) is 0 Å². The fourth-order valence-corrected chi connectivity index (χ4v) is 6.10. The first-order chi connectivity index (χ1) is 18.7. The maximum atomic E-state index is 14.1. The Kier molecular flexibility index (Phi) is 6.81. The van der Waals surface area contributed by atoms with Gasteiger partial charge in [0.1, 0.15) is 6.04 Å². The number of aliphatic hydroxyl groups is 1. The van der Waals surface area contributed by atoms with Gasteiger partial charge in [-0.1, -0.05) is 121 Å². The van der Waals surface area contributed by atoms with E-state index in [4.69, 9.17) is 0 Å². The minimum Gasteiger partial charge on any atom is -0.394 e. The van der Waals surface area contributed by atoms with Gasteiger partial charge in [-0.3, -0.25) is 14.6 Å². The average Bonchev–Trinajstić information content (AvgIpc) is 3.68. The first-order valence-corrected chi connectivity index (χ1v) is 13.3. The van der Waals surface area contributed by atoms with Crippen LogP contribution >= 0.6 is 0 Å². The number of hydrogen-bond acceptors (Lipinski definition) is 4. The average molecular weight is 504 g/mol. The topological polar surface area (TPSA) is 46.8 Å². The van der Waals surface area contributed by atoms with Crippen molar-refractivity contribution >= 4 is 5.91 Å². The second kappa shape index (κ2) is 10.5. The molecule has 2 fully saturated rings. The van der Waals surface area contributed by atoms with Crippen molar-refractivity contribution in [1.29, 1.82) is 0 Å². The van der Waals surface area contributed by atoms with Crippen LogP contribution < -0.4 is 0 Å². The minimum absolute atomic E-state index is 0.0368. The van der Waals surface area contributed by atoms with E-state index in [-0.39, 0.29) is 24.6 Å². The molecule has 1 amide bonds. The lowest BCUT2D eigenvalue weighted by Crippen LogP contribution is -2.45. The van der Waals surface area contributed by atoms with E-state index < -0.39 is 5.54 Å². The summed E-state index contributed by atoms with van der Waals surface area (Å²) in [5, 5.41) is 10.2. The predicted octanol–water partition coefficient (Wildman–Crippen LogP) is 4.33. The third-order valence-electron chi connectivity index (χ3n) is 7.91. The zero-order valence-corrected chi connectivity index (χ0v) is 21.4. The van der Waals surface area contributed by atoms with Gasteiger partial charge >= 0.3 is 0 Å². The molecule has 2 unspecified atom stereocenters. The molecule has 3 atom stereocenters. The Labute approximate surface area is 224 Å². The Morgan fingerprint density at radius 1 is 0.711 bits per heavy atom. The molecule has 2 heterocycles. The normalized spacial score (nSPS) is 21.4. The highest BCUT2D eigenvalue weighted by Crippen LogP contribution is 2.48. The van der Waals surface area contributed by atoms with Crippen molar-refractivity contribution in [3.05, 3.63) is 144 Å². The molecule has 2 aliphatic heterocycles. The van der Waals surface area contributed by atoms with E-state index in [2.05, 4.69) is 94.7 Å². The smallest absolute Gasteiger partial charge is 0.242 e. The lowest BCUT2D eigenvalue weighted by molar-refractivity contribution is -0.133. The summed E-state index contributed by atoms with van der Waals surface area (Å²) in [5.41, 5.74) is 4.03. The summed E-state index contributed by atoms with van der Waals surface area (Å²) in [4.78, 5) is 20.5. The van der Waals surface area contributed by atoms with Crippen molar-refractivity contribution in [3.8, 4) is 0 Å². The Morgan fingerprint density at radius 2 is 1.18 bits per heavy atom. The standard InChI is InChI=1S/C33H33N3O2/c37-24-30-22-34(21-26-13-5-1-6-14-26)25-35(30)32(38)31-23-36(31)33(27-15-7-2-8-16-27,28-17-9-3-10-18-28)29-19-11-4-12-20-29/h1-20,30-31,37H,21-25H2/t30-,31?,36?/m1/s1. The molecule has 1 N–H and O–H groups in total. The van der Waals surface area contributed by atoms with Gasteiger partial charge in [0.25, 0.3) is 0 Å². The van der Waals surface area contributed by atoms with Crippen molar-refractivity contribution in [2.24, 2.45) is 0 Å². The molecule has 2 aliphatic rings. The van der Waals surface area contributed by atoms with Gasteiger partial charge in [-0.05, 0) is 22.3 Å². The number of rotatable bonds is 8. The van der Waals surface area contributed by atoms with E-state index in [1.54, 1.807) is 0 Å². The largest absolute Gasteiger partial charge is 0.394 e. The van der Waals surface area contributed by atoms with Crippen LogP contribution in [0.3, 0.4) is 0 Å². The van der Waals surface area contributed by atoms with Gasteiger partial charge in [0, 0.05) is 19.6 Å². The predicted molar refractivity (Wildman–Crippen MR) is 149 cm³/mol. The van der Waals surface area contributed by atoms with Crippen LogP contribution in [0.25, 0.3) is 0 Å². The molecule has 5 heteroatoms. The van der Waals surface area contributed by atoms with Gasteiger partial charge in [-0.2, -0.15) is 0 Å². The van der Waals surface area contributed by atoms with Gasteiger partial charge in [0.2, 0.25) is 5.91 Å². The molecular weight excluding hydrogens is 470 g/mol. The molecule has 4 aromatic rings. The highest BCUT2D eigenvalue weighted by molar-refractivity contribution is 5.86. The van der Waals surface area contributed by atoms with Crippen LogP contribution in [-0.4, -0.2) is 64.2 Å². The lowest BCUT2D eigenvalue weighted by Gasteiger charge is -2.38. The van der Waals surface area contributed by atoms with Gasteiger partial charge in [-0.15, -0.1) is 0 Å². The second-order valence-corrected chi connectivity index (χ2v) is 10.3. The van der Waals surface area contributed by atoms with Gasteiger partial charge in [0.05, 0.1) is 24.9 Å². The highest BCUT2D eigenvalue weighted by atomic mass is 16.3. The van der Waals surface area contributed by atoms with Crippen LogP contribution in [-0.2, 0) is 16.9 Å². The van der Waals surface area contributed by atoms with Crippen LogP contribution in [0.1, 0.15) is 22.3 Å². The molecule has 38 heavy (non-hydrogen) atoms. The summed E-state index contributed by atoms with van der Waals surface area (Å²) in [6.07, 6.45) is 0. The van der Waals surface area contributed by atoms with E-state index in [1.807, 2.05) is 41.3 Å². The fraction of sp³-hybridized carbons (Fsp3) is 0.242. The van der Waals surface area contributed by atoms with Crippen molar-refractivity contribution in [1.82, 2.24) is 14.7 Å². The summed E-state index contributed by atoms with van der Waals surface area (Å²) in [6.45, 7) is 2.58. The molecule has 6 rings (SSSR count). The van der Waals surface area contributed by atoms with Crippen LogP contribution in [0.4, 0.5) is 0 Å². The van der Waals surface area contributed by atoms with Crippen molar-refractivity contribution < 1.29 is 9.90 Å². The molecule has 2 saturated heterocycles. The zero-order valence-electron chi connectivity index (χ0n) is 21.4. The van der Waals surface area contributed by atoms with E-state index in [9.17, 15) is 9.90 Å². The Bertz CT molecular complexity index is 1250. The number of carbonyl (C=O) groups is 1. The number of amides is 1. The molecule has 0 bridgehead atoms. The number of benzene rings is 4. The molecular formula is C33H33N3O2. The SMILES string of the molecule is O=C(C1CN1C(c1ccccc1)(c1ccccc1)c1ccccc1)N1CN(Cc2ccccc2)C[C@@H]1CO. The quantitative estimate of drug-likeness (QED) is 0.287. The Morgan fingerprint density at radius 3 is 1.66 bits per heavy atom. The van der Waals surface area contributed by atoms with Crippen LogP contribution in [0.15, 0.2) is 121 Å². The van der Waals surface area contributed by atoms with Crippen molar-refractivity contribution in [2.75, 3.05) is 26.4 Å². The van der Waals surface area contributed by atoms with Crippen LogP contribution in [0, 0.1) is 0 Å². The number of nitrogens with zero attached hydrogens (tertiary/aromatic N) is 3. The first kappa shape index (κ1) is 24.6. The Hall–Kier alpha value is -3.77. The molecule has 5 nitrogen and oxygen atoms in total. The first-order valence-electron chi connectivity index (χ1n) is 13.3. The summed E-state index contributed by atoms with van der Waals surface area (Å²) in [6, 6.07) is 41.3. The summed E-state index contributed by atoms with van der Waals surface area (Å²) < 4.78 is 0. The van der Waals surface area contributed by atoms with E-state index in [0.717, 1.165) is 23.2 Å². The molecule has 0 aliphatic carbocycles. The second-order valence-electron chi connectivity index (χ2n) is 10.3. The van der Waals surface area contributed by atoms with Gasteiger partial charge < -0.3 is 10.0 Å². The highest BCUT2D eigenvalue weighted by Gasteiger charge is 2.57. The summed E-state index contributed by atoms with van der Waals surface area (Å²) >= 11 is 0. The molecule has 0 spiro atoms. The van der Waals surface area contributed by atoms with E-state index in [0.29, 0.717) is 19.8 Å². The maximum absolute atomic E-state index is 14.1. The zero-order chi connectivity index (χ0) is 26.0. The molecule has 192 valence electrons. The Balaban J connectivity index is 1.34. The third kappa shape index (κ3) is 4.43. The van der Waals surface area contributed by atoms with Crippen LogP contribution in [0.2, 0.25) is 0 Å². The minimum atomic E-state index is -0.595. The van der Waals surface area contributed by atoms with E-state index >= 15 is 0 Å². The molecule has 0 saturated carbocycles. The molecule has 0 aromatic heterocycles. The summed E-state index contributed by atoms with van der Waals surface area (Å²) in [5.74, 6) is 0.0896. The number of aliphatic hydroxyl groups excluding tert-OH is 1. The fourth-order valence-electron chi connectivity index (χ4n) is 6.10. The molecule has 0 radical (unpaired) electrons. The van der Waals surface area contributed by atoms with Crippen molar-refractivity contribution in [2.45, 2.75) is 24.2 Å². The van der Waals surface area contributed by atoms with Gasteiger partial charge in [-0.25, -0.2) is 0 Å². The number of hydrogen-bond donors (Lipinski definition) is 1. The van der Waals surface area contributed by atoms with E-state index in [1.165, 1.54) is 5.56 Å². The van der Waals surface area contributed by atoms with Crippen molar-refractivity contribution in [3.63, 3.8) is 0 Å². The third-order valence-corrected chi connectivity index (χ3v) is 7.91. The summed E-state index contributed by atoms with van der Waals surface area (Å²) in [7, 11) is 0. The van der Waals surface area contributed by atoms with Gasteiger partial charge in [0.15, 0.2) is 0 Å². The number of carbonyl (C=O) groups excluding carboxylic acids is 1.